The second kappa shape index (κ2) is 7.61. The molecule has 66 valence electrons. The zero-order valence-electron chi connectivity index (χ0n) is 7.53. The zero-order chi connectivity index (χ0) is 8.53. The van der Waals surface area contributed by atoms with Crippen molar-refractivity contribution in [3.8, 4) is 0 Å². The molecule has 0 aromatic heterocycles. The molecular formula is C9H20N2. The van der Waals surface area contributed by atoms with Crippen LogP contribution in [0.5, 0.6) is 0 Å². The van der Waals surface area contributed by atoms with Crippen molar-refractivity contribution in [1.82, 2.24) is 5.32 Å². The predicted molar refractivity (Wildman–Crippen MR) is 50.3 cm³/mol. The van der Waals surface area contributed by atoms with Gasteiger partial charge in [0.2, 0.25) is 0 Å². The van der Waals surface area contributed by atoms with E-state index in [4.69, 9.17) is 5.73 Å². The van der Waals surface area contributed by atoms with Crippen molar-refractivity contribution in [3.05, 3.63) is 12.3 Å². The third-order valence-electron chi connectivity index (χ3n) is 1.59. The van der Waals surface area contributed by atoms with Gasteiger partial charge >= 0.3 is 0 Å². The largest absolute Gasteiger partial charge is 0.389 e. The monoisotopic (exact) mass is 156 g/mol. The van der Waals surface area contributed by atoms with Gasteiger partial charge in [0.25, 0.3) is 0 Å². The number of hydrogen-bond donors (Lipinski definition) is 2. The minimum Gasteiger partial charge on any atom is -0.389 e. The Hall–Kier alpha value is -0.500. The van der Waals surface area contributed by atoms with Gasteiger partial charge in [-0.15, -0.1) is 0 Å². The van der Waals surface area contributed by atoms with E-state index < -0.39 is 0 Å². The molecule has 0 bridgehead atoms. The van der Waals surface area contributed by atoms with Crippen molar-refractivity contribution in [2.24, 2.45) is 5.73 Å². The summed E-state index contributed by atoms with van der Waals surface area (Å²) in [6.07, 6.45) is 4.60. The number of nitrogens with two attached hydrogens (primary N) is 1. The molecule has 0 aliphatic heterocycles. The Bertz CT molecular complexity index is 99.7. The summed E-state index contributed by atoms with van der Waals surface area (Å²) in [7, 11) is 0. The smallest absolute Gasteiger partial charge is 0.0155 e. The fourth-order valence-electron chi connectivity index (χ4n) is 0.846. The quantitative estimate of drug-likeness (QED) is 0.550. The van der Waals surface area contributed by atoms with Gasteiger partial charge < -0.3 is 11.1 Å². The lowest BCUT2D eigenvalue weighted by atomic mass is 10.2. The van der Waals surface area contributed by atoms with Crippen LogP contribution in [0.4, 0.5) is 0 Å². The molecule has 0 radical (unpaired) electrons. The second-order valence-electron chi connectivity index (χ2n) is 2.78. The molecule has 0 unspecified atom stereocenters. The summed E-state index contributed by atoms with van der Waals surface area (Å²) < 4.78 is 0. The number of allylic oxidation sites excluding steroid dienone is 1. The van der Waals surface area contributed by atoms with Crippen LogP contribution in [0.1, 0.15) is 32.6 Å². The average Bonchev–Trinajstić information content (AvgIpc) is 2.01. The number of hydrogen-bond acceptors (Lipinski definition) is 2. The van der Waals surface area contributed by atoms with Gasteiger partial charge in [-0.2, -0.15) is 0 Å². The molecule has 3 N–H and O–H groups in total. The summed E-state index contributed by atoms with van der Waals surface area (Å²) in [6.45, 7) is 7.83. The topological polar surface area (TPSA) is 38.0 Å². The maximum atomic E-state index is 5.35. The molecule has 0 spiro atoms. The average molecular weight is 156 g/mol. The van der Waals surface area contributed by atoms with Gasteiger partial charge in [-0.05, 0) is 25.8 Å². The van der Waals surface area contributed by atoms with Crippen LogP contribution >= 0.6 is 0 Å². The molecule has 0 aromatic carbocycles. The Kier molecular flexibility index (Phi) is 7.26. The van der Waals surface area contributed by atoms with Gasteiger partial charge in [0.15, 0.2) is 0 Å². The first kappa shape index (κ1) is 10.5. The standard InChI is InChI=1S/C9H20N2/c1-3-4-6-9(2)11-8-5-7-10/h11H,2-8,10H2,1H3. The first-order valence-corrected chi connectivity index (χ1v) is 4.43. The lowest BCUT2D eigenvalue weighted by Gasteiger charge is -2.07. The Balaban J connectivity index is 3.09. The third-order valence-corrected chi connectivity index (χ3v) is 1.59. The van der Waals surface area contributed by atoms with Gasteiger partial charge in [-0.1, -0.05) is 19.9 Å². The molecule has 0 aliphatic carbocycles. The van der Waals surface area contributed by atoms with Crippen LogP contribution in [0, 0.1) is 0 Å². The maximum Gasteiger partial charge on any atom is 0.0155 e. The van der Waals surface area contributed by atoms with Crippen molar-refractivity contribution < 1.29 is 0 Å². The van der Waals surface area contributed by atoms with Crippen molar-refractivity contribution >= 4 is 0 Å². The summed E-state index contributed by atoms with van der Waals surface area (Å²) in [4.78, 5) is 0. The van der Waals surface area contributed by atoms with Crippen molar-refractivity contribution in [2.45, 2.75) is 32.6 Å². The molecule has 0 heterocycles. The predicted octanol–water partition coefficient (Wildman–Crippen LogP) is 1.63. The normalized spacial score (nSPS) is 9.64. The van der Waals surface area contributed by atoms with E-state index in [2.05, 4.69) is 18.8 Å². The van der Waals surface area contributed by atoms with E-state index in [9.17, 15) is 0 Å². The lowest BCUT2D eigenvalue weighted by molar-refractivity contribution is 0.677. The Labute approximate surface area is 69.9 Å². The molecule has 0 aromatic rings. The van der Waals surface area contributed by atoms with Crippen molar-refractivity contribution in [1.29, 1.82) is 0 Å². The first-order chi connectivity index (χ1) is 5.31. The summed E-state index contributed by atoms with van der Waals surface area (Å²) in [6, 6.07) is 0. The highest BCUT2D eigenvalue weighted by Crippen LogP contribution is 2.00. The molecule has 2 nitrogen and oxygen atoms in total. The van der Waals surface area contributed by atoms with Crippen LogP contribution in [-0.4, -0.2) is 13.1 Å². The molecule has 0 saturated carbocycles. The summed E-state index contributed by atoms with van der Waals surface area (Å²) in [5, 5.41) is 3.24. The third kappa shape index (κ3) is 7.40. The highest BCUT2D eigenvalue weighted by Gasteiger charge is 1.90. The highest BCUT2D eigenvalue weighted by molar-refractivity contribution is 4.90. The minimum atomic E-state index is 0.758. The number of rotatable bonds is 7. The molecule has 2 heteroatoms. The Morgan fingerprint density at radius 3 is 2.73 bits per heavy atom. The van der Waals surface area contributed by atoms with Gasteiger partial charge in [0, 0.05) is 12.2 Å². The van der Waals surface area contributed by atoms with E-state index in [0.29, 0.717) is 0 Å². The van der Waals surface area contributed by atoms with Crippen LogP contribution in [0.25, 0.3) is 0 Å². The first-order valence-electron chi connectivity index (χ1n) is 4.43. The molecule has 0 saturated heterocycles. The number of nitrogens with one attached hydrogen (secondary N) is 1. The van der Waals surface area contributed by atoms with Crippen LogP contribution in [0.15, 0.2) is 12.3 Å². The number of unbranched alkanes of at least 4 members (excludes halogenated alkanes) is 1. The van der Waals surface area contributed by atoms with E-state index in [1.165, 1.54) is 12.8 Å². The van der Waals surface area contributed by atoms with Crippen LogP contribution < -0.4 is 11.1 Å². The highest BCUT2D eigenvalue weighted by atomic mass is 14.9. The summed E-state index contributed by atoms with van der Waals surface area (Å²) >= 11 is 0. The van der Waals surface area contributed by atoms with Crippen LogP contribution in [-0.2, 0) is 0 Å². The van der Waals surface area contributed by atoms with Gasteiger partial charge in [0.05, 0.1) is 0 Å². The SMILES string of the molecule is C=C(CCCC)NCCCN. The van der Waals surface area contributed by atoms with Crippen LogP contribution in [0.3, 0.4) is 0 Å². The molecule has 0 fully saturated rings. The molecule has 11 heavy (non-hydrogen) atoms. The fourth-order valence-corrected chi connectivity index (χ4v) is 0.846. The van der Waals surface area contributed by atoms with E-state index in [1.807, 2.05) is 0 Å². The molecule has 0 atom stereocenters. The molecule has 0 aliphatic rings. The van der Waals surface area contributed by atoms with Gasteiger partial charge in [-0.25, -0.2) is 0 Å². The Morgan fingerprint density at radius 1 is 1.45 bits per heavy atom. The van der Waals surface area contributed by atoms with E-state index >= 15 is 0 Å². The van der Waals surface area contributed by atoms with Crippen molar-refractivity contribution in [2.75, 3.05) is 13.1 Å². The Morgan fingerprint density at radius 2 is 2.18 bits per heavy atom. The molecule has 0 amide bonds. The van der Waals surface area contributed by atoms with Gasteiger partial charge in [0.1, 0.15) is 0 Å². The fraction of sp³-hybridized carbons (Fsp3) is 0.778. The molecular weight excluding hydrogens is 136 g/mol. The molecule has 0 rings (SSSR count). The van der Waals surface area contributed by atoms with Gasteiger partial charge in [-0.3, -0.25) is 0 Å². The van der Waals surface area contributed by atoms with E-state index in [1.54, 1.807) is 0 Å². The minimum absolute atomic E-state index is 0.758. The van der Waals surface area contributed by atoms with E-state index in [-0.39, 0.29) is 0 Å². The summed E-state index contributed by atoms with van der Waals surface area (Å²) in [5.41, 5.74) is 6.50. The maximum absolute atomic E-state index is 5.35. The summed E-state index contributed by atoms with van der Waals surface area (Å²) in [5.74, 6) is 0. The zero-order valence-corrected chi connectivity index (χ0v) is 7.53. The van der Waals surface area contributed by atoms with Crippen LogP contribution in [0.2, 0.25) is 0 Å². The van der Waals surface area contributed by atoms with Crippen molar-refractivity contribution in [3.63, 3.8) is 0 Å². The van der Waals surface area contributed by atoms with E-state index in [0.717, 1.165) is 31.6 Å². The second-order valence-corrected chi connectivity index (χ2v) is 2.78. The lowest BCUT2D eigenvalue weighted by Crippen LogP contribution is -2.16.